The second-order valence-corrected chi connectivity index (χ2v) is 4.66. The van der Waals surface area contributed by atoms with E-state index in [0.717, 1.165) is 17.7 Å². The summed E-state index contributed by atoms with van der Waals surface area (Å²) in [5, 5.41) is 29.9. The number of rotatable bonds is 4. The first-order valence-corrected chi connectivity index (χ1v) is 6.32. The Morgan fingerprint density at radius 2 is 1.81 bits per heavy atom. The fourth-order valence-corrected chi connectivity index (χ4v) is 1.80. The van der Waals surface area contributed by atoms with Gasteiger partial charge in [0.1, 0.15) is 0 Å². The number of carbonyl (C=O) groups is 1. The molecular formula is C15H11ClNO4-. The van der Waals surface area contributed by atoms with Crippen LogP contribution in [0.15, 0.2) is 48.5 Å². The molecule has 0 aliphatic carbocycles. The molecule has 2 aromatic carbocycles. The largest absolute Gasteiger partial charge is 0.872 e. The summed E-state index contributed by atoms with van der Waals surface area (Å²) in [6.45, 7) is 0. The molecule has 0 bridgehead atoms. The molecule has 0 aliphatic heterocycles. The lowest BCUT2D eigenvalue weighted by atomic mass is 10.1. The molecule has 21 heavy (non-hydrogen) atoms. The van der Waals surface area contributed by atoms with E-state index in [9.17, 15) is 9.90 Å². The van der Waals surface area contributed by atoms with Crippen molar-refractivity contribution in [3.63, 3.8) is 0 Å². The Kier molecular flexibility index (Phi) is 4.59. The first-order valence-electron chi connectivity index (χ1n) is 5.94. The molecule has 5 nitrogen and oxygen atoms in total. The third-order valence-corrected chi connectivity index (χ3v) is 3.01. The van der Waals surface area contributed by atoms with Crippen LogP contribution in [0.5, 0.6) is 5.75 Å². The lowest BCUT2D eigenvalue weighted by Crippen LogP contribution is -2.12. The summed E-state index contributed by atoms with van der Waals surface area (Å²) in [6.07, 6.45) is 2.78. The van der Waals surface area contributed by atoms with Crippen LogP contribution in [0.25, 0.3) is 6.08 Å². The molecule has 0 heterocycles. The van der Waals surface area contributed by atoms with Crippen LogP contribution in [-0.2, 0) is 0 Å². The first-order chi connectivity index (χ1) is 9.97. The molecule has 2 aromatic rings. The van der Waals surface area contributed by atoms with Gasteiger partial charge < -0.3 is 5.11 Å². The van der Waals surface area contributed by atoms with Crippen LogP contribution >= 0.6 is 11.6 Å². The van der Waals surface area contributed by atoms with Gasteiger partial charge in [-0.3, -0.25) is 15.2 Å². The predicted molar refractivity (Wildman–Crippen MR) is 76.8 cm³/mol. The monoisotopic (exact) mass is 304 g/mol. The van der Waals surface area contributed by atoms with Crippen LogP contribution in [0.1, 0.15) is 15.9 Å². The van der Waals surface area contributed by atoms with Gasteiger partial charge in [-0.15, -0.1) is 5.23 Å². The number of ketones is 1. The van der Waals surface area contributed by atoms with Crippen molar-refractivity contribution >= 4 is 29.1 Å². The molecule has 2 rings (SSSR count). The summed E-state index contributed by atoms with van der Waals surface area (Å²) in [5.74, 6) is -1.02. The second kappa shape index (κ2) is 6.41. The van der Waals surface area contributed by atoms with E-state index in [1.807, 2.05) is 0 Å². The Labute approximate surface area is 125 Å². The van der Waals surface area contributed by atoms with Gasteiger partial charge in [-0.1, -0.05) is 41.6 Å². The number of hydrogen-bond acceptors (Lipinski definition) is 5. The van der Waals surface area contributed by atoms with Crippen molar-refractivity contribution in [2.45, 2.75) is 0 Å². The smallest absolute Gasteiger partial charge is 0.185 e. The van der Waals surface area contributed by atoms with Gasteiger partial charge in [-0.25, -0.2) is 0 Å². The van der Waals surface area contributed by atoms with Gasteiger partial charge in [0.25, 0.3) is 0 Å². The van der Waals surface area contributed by atoms with Crippen molar-refractivity contribution in [1.29, 1.82) is 0 Å². The van der Waals surface area contributed by atoms with Crippen molar-refractivity contribution in [3.8, 4) is 5.75 Å². The average Bonchev–Trinajstić information content (AvgIpc) is 2.46. The van der Waals surface area contributed by atoms with Crippen molar-refractivity contribution in [1.82, 2.24) is 0 Å². The number of hydrogen-bond donors (Lipinski definition) is 2. The summed E-state index contributed by atoms with van der Waals surface area (Å²) in [6, 6.07) is 10.2. The van der Waals surface area contributed by atoms with Crippen molar-refractivity contribution < 1.29 is 20.3 Å². The highest BCUT2D eigenvalue weighted by molar-refractivity contribution is 6.30. The molecule has 0 aromatic heterocycles. The van der Waals surface area contributed by atoms with Gasteiger partial charge in [0.05, 0.1) is 5.69 Å². The molecule has 0 saturated heterocycles. The minimum atomic E-state index is -0.529. The Bertz CT molecular complexity index is 681. The summed E-state index contributed by atoms with van der Waals surface area (Å²) in [5.41, 5.74) is 0.533. The van der Waals surface area contributed by atoms with E-state index in [-0.39, 0.29) is 16.5 Å². The highest BCUT2D eigenvalue weighted by Gasteiger charge is 2.07. The van der Waals surface area contributed by atoms with Gasteiger partial charge in [-0.2, -0.15) is 0 Å². The van der Waals surface area contributed by atoms with Crippen LogP contribution in [0.3, 0.4) is 0 Å². The van der Waals surface area contributed by atoms with Gasteiger partial charge in [0.15, 0.2) is 5.78 Å². The van der Waals surface area contributed by atoms with Crippen LogP contribution < -0.4 is 10.3 Å². The maximum absolute atomic E-state index is 12.0. The van der Waals surface area contributed by atoms with E-state index in [4.69, 9.17) is 22.0 Å². The minimum Gasteiger partial charge on any atom is -0.872 e. The summed E-state index contributed by atoms with van der Waals surface area (Å²) < 4.78 is 0. The lowest BCUT2D eigenvalue weighted by molar-refractivity contribution is -0.268. The van der Waals surface area contributed by atoms with Gasteiger partial charge in [0, 0.05) is 10.6 Å². The fourth-order valence-electron chi connectivity index (χ4n) is 1.67. The second-order valence-electron chi connectivity index (χ2n) is 4.22. The molecule has 0 aliphatic rings. The molecule has 0 radical (unpaired) electrons. The maximum atomic E-state index is 12.0. The maximum Gasteiger partial charge on any atom is 0.185 e. The summed E-state index contributed by atoms with van der Waals surface area (Å²) >= 11 is 5.75. The number of allylic oxidation sites excluding steroid dienone is 1. The number of carbonyl (C=O) groups excluding carboxylic acids is 1. The summed E-state index contributed by atoms with van der Waals surface area (Å²) in [4.78, 5) is 12.0. The van der Waals surface area contributed by atoms with E-state index in [2.05, 4.69) is 0 Å². The zero-order valence-corrected chi connectivity index (χ0v) is 11.5. The van der Waals surface area contributed by atoms with Gasteiger partial charge in [0.2, 0.25) is 0 Å². The Hall–Kier alpha value is -2.34. The summed E-state index contributed by atoms with van der Waals surface area (Å²) in [7, 11) is 0. The molecule has 0 fully saturated rings. The average molecular weight is 305 g/mol. The van der Waals surface area contributed by atoms with Crippen LogP contribution in [0.4, 0.5) is 5.69 Å². The molecule has 0 amide bonds. The molecule has 0 atom stereocenters. The third-order valence-electron chi connectivity index (χ3n) is 2.76. The number of halogens is 1. The molecule has 0 spiro atoms. The Balaban J connectivity index is 2.23. The van der Waals surface area contributed by atoms with Crippen LogP contribution in [-0.4, -0.2) is 16.2 Å². The van der Waals surface area contributed by atoms with E-state index in [1.54, 1.807) is 30.3 Å². The molecule has 0 saturated carbocycles. The minimum absolute atomic E-state index is 0.0714. The predicted octanol–water partition coefficient (Wildman–Crippen LogP) is 2.89. The topological polar surface area (TPSA) is 83.8 Å². The lowest BCUT2D eigenvalue weighted by Gasteiger charge is -2.14. The molecule has 108 valence electrons. The molecular weight excluding hydrogens is 294 g/mol. The quantitative estimate of drug-likeness (QED) is 0.515. The zero-order valence-electron chi connectivity index (χ0n) is 10.7. The highest BCUT2D eigenvalue weighted by Crippen LogP contribution is 2.22. The Morgan fingerprint density at radius 1 is 1.14 bits per heavy atom. The molecule has 2 N–H and O–H groups in total. The standard InChI is InChI=1S/C15H12ClNO4/c16-11-4-1-10(2-5-11)3-7-14(18)13-9-12(17(20)21)6-8-15(13)19/h1-9,19-21H/p-1. The molecule has 0 unspecified atom stereocenters. The van der Waals surface area contributed by atoms with Gasteiger partial charge >= 0.3 is 0 Å². The first kappa shape index (κ1) is 15.1. The van der Waals surface area contributed by atoms with Crippen LogP contribution in [0, 0.1) is 0 Å². The van der Waals surface area contributed by atoms with E-state index in [0.29, 0.717) is 5.02 Å². The van der Waals surface area contributed by atoms with Crippen LogP contribution in [0.2, 0.25) is 5.02 Å². The zero-order chi connectivity index (χ0) is 15.4. The number of anilines is 1. The number of nitrogens with zero attached hydrogens (tertiary/aromatic N) is 1. The SMILES string of the molecule is O=C(C=Cc1ccc(Cl)cc1)c1cc(N(O)O)ccc1[O-]. The third kappa shape index (κ3) is 3.82. The van der Waals surface area contributed by atoms with E-state index < -0.39 is 11.5 Å². The number of benzene rings is 2. The van der Waals surface area contributed by atoms with Crippen molar-refractivity contribution in [2.24, 2.45) is 0 Å². The highest BCUT2D eigenvalue weighted by atomic mass is 35.5. The molecule has 6 heteroatoms. The van der Waals surface area contributed by atoms with E-state index in [1.165, 1.54) is 12.1 Å². The van der Waals surface area contributed by atoms with Crippen molar-refractivity contribution in [3.05, 3.63) is 64.7 Å². The van der Waals surface area contributed by atoms with Crippen molar-refractivity contribution in [2.75, 3.05) is 5.23 Å². The fraction of sp³-hybridized carbons (Fsp3) is 0. The van der Waals surface area contributed by atoms with Gasteiger partial charge in [-0.05, 0) is 35.9 Å². The normalized spacial score (nSPS) is 10.8. The Morgan fingerprint density at radius 3 is 2.43 bits per heavy atom. The van der Waals surface area contributed by atoms with E-state index >= 15 is 0 Å².